The minimum Gasteiger partial charge on any atom is -0.369 e. The Morgan fingerprint density at radius 3 is 2.57 bits per heavy atom. The highest BCUT2D eigenvalue weighted by Gasteiger charge is 2.07. The first kappa shape index (κ1) is 13.2. The van der Waals surface area contributed by atoms with E-state index in [9.17, 15) is 4.79 Å². The molecule has 2 heterocycles. The molecule has 21 heavy (non-hydrogen) atoms. The predicted molar refractivity (Wildman–Crippen MR) is 83.0 cm³/mol. The molecule has 0 aliphatic rings. The molecule has 3 N–H and O–H groups in total. The number of hydrogen-bond acceptors (Lipinski definition) is 3. The maximum absolute atomic E-state index is 12.2. The van der Waals surface area contributed by atoms with E-state index in [1.165, 1.54) is 0 Å². The van der Waals surface area contributed by atoms with Crippen molar-refractivity contribution in [3.63, 3.8) is 0 Å². The molecule has 106 valence electrons. The van der Waals surface area contributed by atoms with Crippen LogP contribution in [0.25, 0.3) is 11.1 Å². The molecule has 0 amide bonds. The summed E-state index contributed by atoms with van der Waals surface area (Å²) >= 11 is 0. The summed E-state index contributed by atoms with van der Waals surface area (Å²) in [5, 5.41) is 0. The molecule has 0 saturated carbocycles. The summed E-state index contributed by atoms with van der Waals surface area (Å²) < 4.78 is 1.85. The second-order valence-corrected chi connectivity index (χ2v) is 4.94. The Kier molecular flexibility index (Phi) is 3.31. The van der Waals surface area contributed by atoms with E-state index in [1.807, 2.05) is 54.0 Å². The number of imidazole rings is 1. The molecular weight excluding hydrogens is 264 g/mol. The zero-order valence-corrected chi connectivity index (χ0v) is 11.7. The van der Waals surface area contributed by atoms with Gasteiger partial charge >= 0.3 is 0 Å². The highest BCUT2D eigenvalue weighted by molar-refractivity contribution is 5.62. The summed E-state index contributed by atoms with van der Waals surface area (Å²) in [5.41, 5.74) is 9.03. The van der Waals surface area contributed by atoms with Gasteiger partial charge in [-0.05, 0) is 24.6 Å². The van der Waals surface area contributed by atoms with Gasteiger partial charge in [0.1, 0.15) is 0 Å². The summed E-state index contributed by atoms with van der Waals surface area (Å²) in [4.78, 5) is 19.2. The van der Waals surface area contributed by atoms with Gasteiger partial charge in [0.25, 0.3) is 5.56 Å². The SMILES string of the molecule is Cc1cnc(N)n1Cc1ccc(-c2ccccc2)c(=O)[nH]1. The van der Waals surface area contributed by atoms with Crippen LogP contribution in [-0.2, 0) is 6.54 Å². The molecule has 5 nitrogen and oxygen atoms in total. The maximum atomic E-state index is 12.2. The number of nitrogen functional groups attached to an aromatic ring is 1. The molecule has 0 aliphatic heterocycles. The number of benzene rings is 1. The minimum atomic E-state index is -0.102. The first-order valence-electron chi connectivity index (χ1n) is 6.70. The van der Waals surface area contributed by atoms with Crippen molar-refractivity contribution in [3.8, 4) is 11.1 Å². The van der Waals surface area contributed by atoms with Crippen molar-refractivity contribution in [1.82, 2.24) is 14.5 Å². The Morgan fingerprint density at radius 2 is 1.95 bits per heavy atom. The lowest BCUT2D eigenvalue weighted by Crippen LogP contribution is -2.14. The zero-order chi connectivity index (χ0) is 14.8. The third kappa shape index (κ3) is 2.58. The van der Waals surface area contributed by atoms with E-state index < -0.39 is 0 Å². The van der Waals surface area contributed by atoms with Crippen molar-refractivity contribution in [2.45, 2.75) is 13.5 Å². The second kappa shape index (κ2) is 5.28. The topological polar surface area (TPSA) is 76.7 Å². The van der Waals surface area contributed by atoms with Gasteiger partial charge in [-0.25, -0.2) is 4.98 Å². The van der Waals surface area contributed by atoms with E-state index in [1.54, 1.807) is 6.20 Å². The van der Waals surface area contributed by atoms with Gasteiger partial charge in [0.05, 0.1) is 12.7 Å². The molecule has 2 aromatic heterocycles. The molecule has 0 saturated heterocycles. The number of aromatic nitrogens is 3. The number of aryl methyl sites for hydroxylation is 1. The average Bonchev–Trinajstić information content (AvgIpc) is 2.80. The molecule has 5 heteroatoms. The summed E-state index contributed by atoms with van der Waals surface area (Å²) in [7, 11) is 0. The number of H-pyrrole nitrogens is 1. The molecule has 0 fully saturated rings. The highest BCUT2D eigenvalue weighted by Crippen LogP contribution is 2.15. The fourth-order valence-corrected chi connectivity index (χ4v) is 2.31. The number of pyridine rings is 1. The number of hydrogen-bond donors (Lipinski definition) is 2. The predicted octanol–water partition coefficient (Wildman–Crippen LogP) is 2.18. The molecule has 0 unspecified atom stereocenters. The van der Waals surface area contributed by atoms with Gasteiger partial charge in [-0.2, -0.15) is 0 Å². The molecule has 1 aromatic carbocycles. The average molecular weight is 280 g/mol. The van der Waals surface area contributed by atoms with Crippen LogP contribution in [-0.4, -0.2) is 14.5 Å². The van der Waals surface area contributed by atoms with Gasteiger partial charge in [-0.15, -0.1) is 0 Å². The highest BCUT2D eigenvalue weighted by atomic mass is 16.1. The Bertz CT molecular complexity index is 798. The molecule has 0 atom stereocenters. The van der Waals surface area contributed by atoms with Crippen molar-refractivity contribution < 1.29 is 0 Å². The number of nitrogens with one attached hydrogen (secondary N) is 1. The van der Waals surface area contributed by atoms with E-state index >= 15 is 0 Å². The molecule has 3 rings (SSSR count). The first-order valence-corrected chi connectivity index (χ1v) is 6.70. The van der Waals surface area contributed by atoms with Crippen molar-refractivity contribution in [1.29, 1.82) is 0 Å². The quantitative estimate of drug-likeness (QED) is 0.772. The molecule has 0 radical (unpaired) electrons. The fourth-order valence-electron chi connectivity index (χ4n) is 2.31. The van der Waals surface area contributed by atoms with Gasteiger partial charge in [-0.3, -0.25) is 4.79 Å². The summed E-state index contributed by atoms with van der Waals surface area (Å²) in [6.45, 7) is 2.43. The number of nitrogens with zero attached hydrogens (tertiary/aromatic N) is 2. The molecular formula is C16H16N4O. The minimum absolute atomic E-state index is 0.102. The summed E-state index contributed by atoms with van der Waals surface area (Å²) in [5.74, 6) is 0.445. The van der Waals surface area contributed by atoms with Crippen LogP contribution in [0.2, 0.25) is 0 Å². The normalized spacial score (nSPS) is 10.7. The number of anilines is 1. The maximum Gasteiger partial charge on any atom is 0.256 e. The van der Waals surface area contributed by atoms with Crippen molar-refractivity contribution in [2.24, 2.45) is 0 Å². The smallest absolute Gasteiger partial charge is 0.256 e. The molecule has 3 aromatic rings. The van der Waals surface area contributed by atoms with Crippen LogP contribution in [0, 0.1) is 6.92 Å². The third-order valence-electron chi connectivity index (χ3n) is 3.47. The fraction of sp³-hybridized carbons (Fsp3) is 0.125. The molecule has 0 spiro atoms. The van der Waals surface area contributed by atoms with Crippen LogP contribution in [0.15, 0.2) is 53.5 Å². The Morgan fingerprint density at radius 1 is 1.19 bits per heavy atom. The van der Waals surface area contributed by atoms with Gasteiger partial charge in [-0.1, -0.05) is 30.3 Å². The standard InChI is InChI=1S/C16H16N4O/c1-11-9-18-16(17)20(11)10-13-7-8-14(15(21)19-13)12-5-3-2-4-6-12/h2-9H,10H2,1H3,(H2,17,18)(H,19,21). The van der Waals surface area contributed by atoms with Crippen LogP contribution >= 0.6 is 0 Å². The molecule has 0 bridgehead atoms. The lowest BCUT2D eigenvalue weighted by molar-refractivity contribution is 0.758. The summed E-state index contributed by atoms with van der Waals surface area (Å²) in [6, 6.07) is 13.3. The Hall–Kier alpha value is -2.82. The first-order chi connectivity index (χ1) is 10.1. The third-order valence-corrected chi connectivity index (χ3v) is 3.47. The van der Waals surface area contributed by atoms with E-state index in [4.69, 9.17) is 5.73 Å². The lowest BCUT2D eigenvalue weighted by atomic mass is 10.1. The summed E-state index contributed by atoms with van der Waals surface area (Å²) in [6.07, 6.45) is 1.71. The van der Waals surface area contributed by atoms with Gasteiger partial charge in [0.2, 0.25) is 5.95 Å². The van der Waals surface area contributed by atoms with Crippen molar-refractivity contribution in [3.05, 3.63) is 70.4 Å². The lowest BCUT2D eigenvalue weighted by Gasteiger charge is -2.08. The van der Waals surface area contributed by atoms with E-state index in [0.29, 0.717) is 18.1 Å². The number of nitrogens with two attached hydrogens (primary N) is 1. The van der Waals surface area contributed by atoms with E-state index in [2.05, 4.69) is 9.97 Å². The Labute approximate surface area is 122 Å². The second-order valence-electron chi connectivity index (χ2n) is 4.94. The Balaban J connectivity index is 1.94. The van der Waals surface area contributed by atoms with Crippen LogP contribution in [0.3, 0.4) is 0 Å². The van der Waals surface area contributed by atoms with Crippen molar-refractivity contribution in [2.75, 3.05) is 5.73 Å². The monoisotopic (exact) mass is 280 g/mol. The van der Waals surface area contributed by atoms with Crippen molar-refractivity contribution >= 4 is 5.95 Å². The zero-order valence-electron chi connectivity index (χ0n) is 11.7. The number of rotatable bonds is 3. The number of aromatic amines is 1. The van der Waals surface area contributed by atoms with Gasteiger partial charge in [0.15, 0.2) is 0 Å². The largest absolute Gasteiger partial charge is 0.369 e. The van der Waals surface area contributed by atoms with E-state index in [-0.39, 0.29) is 5.56 Å². The van der Waals surface area contributed by atoms with Crippen LogP contribution in [0.1, 0.15) is 11.4 Å². The van der Waals surface area contributed by atoms with Crippen LogP contribution < -0.4 is 11.3 Å². The van der Waals surface area contributed by atoms with Gasteiger partial charge in [0, 0.05) is 17.0 Å². The van der Waals surface area contributed by atoms with Gasteiger partial charge < -0.3 is 15.3 Å². The van der Waals surface area contributed by atoms with Crippen LogP contribution in [0.4, 0.5) is 5.95 Å². The van der Waals surface area contributed by atoms with Crippen LogP contribution in [0.5, 0.6) is 0 Å². The molecule has 0 aliphatic carbocycles. The van der Waals surface area contributed by atoms with E-state index in [0.717, 1.165) is 17.0 Å².